The molecule has 20 nitrogen and oxygen atoms in total. The van der Waals surface area contributed by atoms with E-state index in [-0.39, 0.29) is 66.1 Å². The molecule has 2 unspecified atom stereocenters. The van der Waals surface area contributed by atoms with Crippen LogP contribution in [0.3, 0.4) is 0 Å². The molecule has 6 aromatic rings. The topological polar surface area (TPSA) is 208 Å². The van der Waals surface area contributed by atoms with Crippen LogP contribution in [0.15, 0.2) is 146 Å². The molecule has 4 saturated heterocycles. The van der Waals surface area contributed by atoms with Gasteiger partial charge in [-0.2, -0.15) is 4.89 Å². The molecule has 10 rings (SSSR count). The highest BCUT2D eigenvalue weighted by molar-refractivity contribution is 5.92. The number of methoxy groups -OCH3 is 2. The second-order valence-electron chi connectivity index (χ2n) is 20.2. The molecule has 4 aliphatic heterocycles. The van der Waals surface area contributed by atoms with Gasteiger partial charge in [0.15, 0.2) is 11.9 Å². The summed E-state index contributed by atoms with van der Waals surface area (Å²) in [5.41, 5.74) is 3.41. The van der Waals surface area contributed by atoms with E-state index in [2.05, 4.69) is 36.7 Å². The third kappa shape index (κ3) is 18.5. The summed E-state index contributed by atoms with van der Waals surface area (Å²) in [6.07, 6.45) is 8.71. The molecule has 4 aliphatic rings. The first-order chi connectivity index (χ1) is 43.2. The molecule has 4 fully saturated rings. The van der Waals surface area contributed by atoms with E-state index in [0.29, 0.717) is 28.6 Å². The van der Waals surface area contributed by atoms with Gasteiger partial charge in [0.25, 0.3) is 0 Å². The van der Waals surface area contributed by atoms with Gasteiger partial charge in [-0.15, -0.1) is 6.42 Å². The Morgan fingerprint density at radius 1 is 0.489 bits per heavy atom. The molecule has 88 heavy (non-hydrogen) atoms. The van der Waals surface area contributed by atoms with E-state index >= 15 is 0 Å². The molecule has 0 aromatic heterocycles. The number of esters is 3. The minimum atomic E-state index is -0.622. The summed E-state index contributed by atoms with van der Waals surface area (Å²) in [6.45, 7) is 4.44. The second kappa shape index (κ2) is 33.2. The zero-order valence-corrected chi connectivity index (χ0v) is 48.7. The van der Waals surface area contributed by atoms with Crippen LogP contribution in [-0.4, -0.2) is 108 Å². The highest BCUT2D eigenvalue weighted by Crippen LogP contribution is 2.35. The van der Waals surface area contributed by atoms with Crippen LogP contribution in [0.5, 0.6) is 40.2 Å². The maximum atomic E-state index is 12.9. The van der Waals surface area contributed by atoms with Gasteiger partial charge in [0.1, 0.15) is 103 Å². The Labute approximate surface area is 518 Å². The minimum Gasteiger partial charge on any atom is -0.497 e. The molecule has 0 saturated carbocycles. The van der Waals surface area contributed by atoms with Crippen LogP contribution in [0.4, 0.5) is 0 Å². The summed E-state index contributed by atoms with van der Waals surface area (Å²) in [7, 11) is 3.16. The summed E-state index contributed by atoms with van der Waals surface area (Å²) in [4.78, 5) is 70.9. The van der Waals surface area contributed by atoms with Crippen LogP contribution in [0, 0.1) is 42.1 Å². The monoisotopic (exact) mass is 1210 g/mol. The van der Waals surface area contributed by atoms with Crippen molar-refractivity contribution in [3.63, 3.8) is 0 Å². The van der Waals surface area contributed by atoms with Crippen LogP contribution in [-0.2, 0) is 72.7 Å². The summed E-state index contributed by atoms with van der Waals surface area (Å²) in [5.74, 6) is 11.2. The first kappa shape index (κ1) is 63.5. The lowest BCUT2D eigenvalue weighted by Gasteiger charge is -2.17. The summed E-state index contributed by atoms with van der Waals surface area (Å²) < 4.78 is 61.2. The van der Waals surface area contributed by atoms with E-state index < -0.39 is 66.6 Å². The van der Waals surface area contributed by atoms with Crippen LogP contribution in [0.25, 0.3) is 0 Å². The number of terminal acetylenes is 1. The van der Waals surface area contributed by atoms with Crippen molar-refractivity contribution in [2.45, 2.75) is 95.2 Å². The lowest BCUT2D eigenvalue weighted by atomic mass is 10.0. The number of hydrogen-bond donors (Lipinski definition) is 0. The van der Waals surface area contributed by atoms with Gasteiger partial charge in [-0.05, 0) is 144 Å². The number of benzene rings is 6. The van der Waals surface area contributed by atoms with Crippen molar-refractivity contribution >= 4 is 17.9 Å². The highest BCUT2D eigenvalue weighted by Gasteiger charge is 2.53. The molecule has 0 spiro atoms. The van der Waals surface area contributed by atoms with Gasteiger partial charge in [-0.25, -0.2) is 29.1 Å². The van der Waals surface area contributed by atoms with Crippen LogP contribution < -0.4 is 33.3 Å². The van der Waals surface area contributed by atoms with Crippen molar-refractivity contribution in [2.24, 2.45) is 5.92 Å². The number of ether oxygens (including phenoxy) is 11. The van der Waals surface area contributed by atoms with Crippen molar-refractivity contribution in [3.8, 4) is 76.5 Å². The fraction of sp³-hybridized carbons (Fsp3) is 0.338. The molecule has 0 amide bonds. The van der Waals surface area contributed by atoms with Crippen molar-refractivity contribution in [1.29, 1.82) is 0 Å². The predicted molar refractivity (Wildman–Crippen MR) is 326 cm³/mol. The standard InChI is InChI=1S/C36H34O12.C32H32O8.6H2/c1-39-27-11-3-23(4-12-27)19-43-47-30-13-5-24(6-14-30)20-44-48-32-22-42-33-31(21-41-34(32)33)46-36(38)26-9-17-29(18-10-26)45-35(37)25-7-15-28(40-2)16-8-25;1-3-5-7-9-19-34-25-13-11-24(12-14-25)21-38-40-29-23-37-30-28(22-36-31(29)30)32(33)39-27-17-15-26(16-18-27)35-20-10-8-6-4-2;;;;;;/h3-18,31-34H,19-22H2,1-2H3;2,11-18,28-31H,3,5,7,9,19,21-23H2,1H3;6*1H/t31?,32-,33-,34-;28?,29-,30-,31-;;;;;;/m11....../s1. The largest absolute Gasteiger partial charge is 0.497 e. The molecule has 0 aliphatic carbocycles. The van der Waals surface area contributed by atoms with E-state index in [1.807, 2.05) is 60.7 Å². The van der Waals surface area contributed by atoms with Gasteiger partial charge in [-0.3, -0.25) is 4.79 Å². The Hall–Kier alpha value is -8.95. The molecule has 470 valence electrons. The van der Waals surface area contributed by atoms with Crippen molar-refractivity contribution in [1.82, 2.24) is 0 Å². The van der Waals surface area contributed by atoms with Crippen LogP contribution in [0.2, 0.25) is 0 Å². The van der Waals surface area contributed by atoms with Gasteiger partial charge in [0, 0.05) is 20.4 Å². The number of carbonyl (C=O) groups is 3. The molecular formula is C68H78O20. The van der Waals surface area contributed by atoms with Crippen molar-refractivity contribution < 1.29 is 104 Å². The Morgan fingerprint density at radius 2 is 0.966 bits per heavy atom. The van der Waals surface area contributed by atoms with Crippen LogP contribution >= 0.6 is 0 Å². The Balaban J connectivity index is 0.000000468. The molecule has 0 N–H and O–H groups in total. The zero-order valence-electron chi connectivity index (χ0n) is 48.7. The molecule has 0 radical (unpaired) electrons. The lowest BCUT2D eigenvalue weighted by molar-refractivity contribution is -0.341. The van der Waals surface area contributed by atoms with Gasteiger partial charge >= 0.3 is 17.9 Å². The van der Waals surface area contributed by atoms with Gasteiger partial charge in [-0.1, -0.05) is 62.6 Å². The average molecular weight is 1220 g/mol. The van der Waals surface area contributed by atoms with Crippen molar-refractivity contribution in [2.75, 3.05) is 47.3 Å². The summed E-state index contributed by atoms with van der Waals surface area (Å²) in [6, 6.07) is 41.6. The van der Waals surface area contributed by atoms with Crippen molar-refractivity contribution in [3.05, 3.63) is 173 Å². The average Bonchev–Trinajstić information content (AvgIpc) is 1.68. The Morgan fingerprint density at radius 3 is 1.57 bits per heavy atom. The number of unbranched alkanes of at least 4 members (excludes halogenated alkanes) is 3. The number of rotatable bonds is 27. The van der Waals surface area contributed by atoms with Gasteiger partial charge in [0.05, 0.1) is 58.4 Å². The third-order valence-corrected chi connectivity index (χ3v) is 14.1. The van der Waals surface area contributed by atoms with Gasteiger partial charge < -0.3 is 57.0 Å². The second-order valence-corrected chi connectivity index (χ2v) is 20.2. The lowest BCUT2D eigenvalue weighted by Crippen LogP contribution is -2.35. The fourth-order valence-corrected chi connectivity index (χ4v) is 9.37. The first-order valence-electron chi connectivity index (χ1n) is 28.5. The molecule has 8 atom stereocenters. The number of fused-ring (bicyclic) bond motifs is 2. The smallest absolute Gasteiger partial charge is 0.343 e. The van der Waals surface area contributed by atoms with E-state index in [1.165, 1.54) is 43.5 Å². The van der Waals surface area contributed by atoms with E-state index in [0.717, 1.165) is 41.2 Å². The number of carbonyl (C=O) groups excluding carboxylic acids is 3. The third-order valence-electron chi connectivity index (χ3n) is 14.1. The SMILES string of the molecule is C#CC#CC#COc1ccc(OC(=O)C2CO[C@H]3[C@@H]2OC[C@H]3OOCc2ccc(OCCCCCC)cc2)cc1.COc1ccc(COOc2ccc(COO[C@@H]3CO[C@@H]4C(OC(=O)c5ccc(OC(=O)c6ccc(OC)cc6)cc5)CO[C@@H]43)cc2)cc1.[HH].[HH].[HH].[HH].[HH].[HH]. The first-order valence-corrected chi connectivity index (χ1v) is 28.5. The molecular weight excluding hydrogens is 1140 g/mol. The summed E-state index contributed by atoms with van der Waals surface area (Å²) >= 11 is 0. The normalized spacial score (nSPS) is 20.2. The number of hydrogen-bond acceptors (Lipinski definition) is 20. The Bertz CT molecular complexity index is 3380. The molecule has 6 aromatic carbocycles. The molecule has 20 heteroatoms. The maximum Gasteiger partial charge on any atom is 0.343 e. The highest BCUT2D eigenvalue weighted by atomic mass is 17.2. The summed E-state index contributed by atoms with van der Waals surface area (Å²) in [5, 5.41) is 0. The maximum absolute atomic E-state index is 12.9. The molecule has 4 heterocycles. The predicted octanol–water partition coefficient (Wildman–Crippen LogP) is 11.2. The van der Waals surface area contributed by atoms with E-state index in [4.69, 9.17) is 87.9 Å². The Kier molecular flexibility index (Phi) is 24.0. The van der Waals surface area contributed by atoms with E-state index in [9.17, 15) is 14.4 Å². The minimum absolute atomic E-state index is 0. The zero-order chi connectivity index (χ0) is 61.3. The van der Waals surface area contributed by atoms with Crippen LogP contribution in [0.1, 0.15) is 78.6 Å². The quantitative estimate of drug-likeness (QED) is 0.0117. The molecule has 0 bridgehead atoms. The fourth-order valence-electron chi connectivity index (χ4n) is 9.37. The van der Waals surface area contributed by atoms with E-state index in [1.54, 1.807) is 74.9 Å². The van der Waals surface area contributed by atoms with Gasteiger partial charge in [0.2, 0.25) is 0 Å².